The molecule has 0 bridgehead atoms. The third kappa shape index (κ3) is 2.01. The standard InChI is InChI=1S/C18H13FN2S/c1-10-9-22-18-15(10)16(11-4-6-13(19)7-5-11)14(8-20)17(21-18)12-2-3-12/h4-7,9,12H,2-3H2,1H3. The highest BCUT2D eigenvalue weighted by molar-refractivity contribution is 7.17. The van der Waals surface area contributed by atoms with Gasteiger partial charge in [0.1, 0.15) is 16.7 Å². The van der Waals surface area contributed by atoms with Crippen LogP contribution in [-0.2, 0) is 0 Å². The van der Waals surface area contributed by atoms with Gasteiger partial charge < -0.3 is 0 Å². The molecule has 22 heavy (non-hydrogen) atoms. The summed E-state index contributed by atoms with van der Waals surface area (Å²) in [6.07, 6.45) is 2.20. The predicted octanol–water partition coefficient (Wildman–Crippen LogP) is 5.16. The first-order valence-electron chi connectivity index (χ1n) is 7.26. The maximum Gasteiger partial charge on any atom is 0.124 e. The first-order valence-corrected chi connectivity index (χ1v) is 8.14. The third-order valence-corrected chi connectivity index (χ3v) is 5.13. The van der Waals surface area contributed by atoms with E-state index in [1.54, 1.807) is 23.5 Å². The predicted molar refractivity (Wildman–Crippen MR) is 86.4 cm³/mol. The molecule has 2 nitrogen and oxygen atoms in total. The van der Waals surface area contributed by atoms with Crippen LogP contribution >= 0.6 is 11.3 Å². The molecule has 0 aliphatic heterocycles. The molecular formula is C18H13FN2S. The number of benzene rings is 1. The molecule has 0 radical (unpaired) electrons. The lowest BCUT2D eigenvalue weighted by Gasteiger charge is -2.11. The summed E-state index contributed by atoms with van der Waals surface area (Å²) in [4.78, 5) is 5.72. The van der Waals surface area contributed by atoms with Gasteiger partial charge in [-0.05, 0) is 48.4 Å². The number of fused-ring (bicyclic) bond motifs is 1. The van der Waals surface area contributed by atoms with Crippen LogP contribution in [0.3, 0.4) is 0 Å². The number of hydrogen-bond acceptors (Lipinski definition) is 3. The van der Waals surface area contributed by atoms with Gasteiger partial charge in [0.05, 0.1) is 11.3 Å². The minimum absolute atomic E-state index is 0.267. The minimum atomic E-state index is -0.267. The summed E-state index contributed by atoms with van der Waals surface area (Å²) in [7, 11) is 0. The molecule has 2 aromatic heterocycles. The average Bonchev–Trinajstić information content (AvgIpc) is 3.31. The molecule has 3 aromatic rings. The van der Waals surface area contributed by atoms with Crippen LogP contribution < -0.4 is 0 Å². The Balaban J connectivity index is 2.11. The van der Waals surface area contributed by atoms with Crippen LogP contribution in [0.5, 0.6) is 0 Å². The highest BCUT2D eigenvalue weighted by Gasteiger charge is 2.31. The topological polar surface area (TPSA) is 36.7 Å². The molecular weight excluding hydrogens is 295 g/mol. The lowest BCUT2D eigenvalue weighted by atomic mass is 9.94. The Hall–Kier alpha value is -2.25. The van der Waals surface area contributed by atoms with Crippen molar-refractivity contribution in [1.29, 1.82) is 5.26 Å². The van der Waals surface area contributed by atoms with E-state index in [2.05, 4.69) is 11.4 Å². The van der Waals surface area contributed by atoms with Gasteiger partial charge in [-0.1, -0.05) is 12.1 Å². The van der Waals surface area contributed by atoms with Gasteiger partial charge >= 0.3 is 0 Å². The molecule has 108 valence electrons. The molecule has 1 aromatic carbocycles. The van der Waals surface area contributed by atoms with E-state index in [-0.39, 0.29) is 5.82 Å². The van der Waals surface area contributed by atoms with Crippen molar-refractivity contribution in [2.45, 2.75) is 25.7 Å². The Morgan fingerprint density at radius 2 is 2.00 bits per heavy atom. The summed E-state index contributed by atoms with van der Waals surface area (Å²) in [5, 5.41) is 12.8. The second-order valence-electron chi connectivity index (χ2n) is 5.74. The van der Waals surface area contributed by atoms with Gasteiger partial charge in [-0.25, -0.2) is 9.37 Å². The molecule has 0 unspecified atom stereocenters. The lowest BCUT2D eigenvalue weighted by Crippen LogP contribution is -1.97. The van der Waals surface area contributed by atoms with Crippen LogP contribution in [0.1, 0.15) is 35.6 Å². The van der Waals surface area contributed by atoms with E-state index < -0.39 is 0 Å². The second kappa shape index (κ2) is 4.89. The average molecular weight is 308 g/mol. The summed E-state index contributed by atoms with van der Waals surface area (Å²) in [6.45, 7) is 2.03. The fraction of sp³-hybridized carbons (Fsp3) is 0.222. The maximum absolute atomic E-state index is 13.3. The molecule has 4 heteroatoms. The van der Waals surface area contributed by atoms with E-state index in [9.17, 15) is 9.65 Å². The largest absolute Gasteiger partial charge is 0.240 e. The van der Waals surface area contributed by atoms with E-state index in [1.807, 2.05) is 6.92 Å². The van der Waals surface area contributed by atoms with E-state index >= 15 is 0 Å². The monoisotopic (exact) mass is 308 g/mol. The molecule has 0 amide bonds. The van der Waals surface area contributed by atoms with E-state index in [1.165, 1.54) is 12.1 Å². The van der Waals surface area contributed by atoms with E-state index in [0.29, 0.717) is 11.5 Å². The number of aromatic nitrogens is 1. The van der Waals surface area contributed by atoms with Gasteiger partial charge in [0, 0.05) is 16.9 Å². The highest BCUT2D eigenvalue weighted by Crippen LogP contribution is 2.46. The summed E-state index contributed by atoms with van der Waals surface area (Å²) in [5.74, 6) is 0.137. The van der Waals surface area contributed by atoms with Gasteiger partial charge in [-0.2, -0.15) is 5.26 Å². The molecule has 1 aliphatic carbocycles. The smallest absolute Gasteiger partial charge is 0.124 e. The van der Waals surface area contributed by atoms with Crippen LogP contribution in [0, 0.1) is 24.1 Å². The van der Waals surface area contributed by atoms with Gasteiger partial charge in [0.25, 0.3) is 0 Å². The maximum atomic E-state index is 13.3. The normalized spacial score (nSPS) is 14.2. The molecule has 0 atom stereocenters. The van der Waals surface area contributed by atoms with E-state index in [0.717, 1.165) is 45.4 Å². The summed E-state index contributed by atoms with van der Waals surface area (Å²) >= 11 is 1.61. The summed E-state index contributed by atoms with van der Waals surface area (Å²) in [6, 6.07) is 8.75. The Morgan fingerprint density at radius 1 is 1.27 bits per heavy atom. The summed E-state index contributed by atoms with van der Waals surface area (Å²) in [5.41, 5.74) is 4.48. The number of halogens is 1. The van der Waals surface area contributed by atoms with Gasteiger partial charge in [0.2, 0.25) is 0 Å². The lowest BCUT2D eigenvalue weighted by molar-refractivity contribution is 0.628. The van der Waals surface area contributed by atoms with E-state index in [4.69, 9.17) is 4.98 Å². The quantitative estimate of drug-likeness (QED) is 0.655. The van der Waals surface area contributed by atoms with Gasteiger partial charge in [-0.3, -0.25) is 0 Å². The summed E-state index contributed by atoms with van der Waals surface area (Å²) < 4.78 is 13.3. The Labute approximate surface area is 131 Å². The van der Waals surface area contributed by atoms with Gasteiger partial charge in [0.15, 0.2) is 0 Å². The van der Waals surface area contributed by atoms with Crippen LogP contribution in [0.4, 0.5) is 4.39 Å². The molecule has 1 fully saturated rings. The van der Waals surface area contributed by atoms with Crippen molar-refractivity contribution in [2.24, 2.45) is 0 Å². The van der Waals surface area contributed by atoms with Crippen molar-refractivity contribution in [3.63, 3.8) is 0 Å². The van der Waals surface area contributed by atoms with Crippen molar-refractivity contribution in [2.75, 3.05) is 0 Å². The number of hydrogen-bond donors (Lipinski definition) is 0. The number of aryl methyl sites for hydroxylation is 1. The number of rotatable bonds is 2. The zero-order chi connectivity index (χ0) is 15.3. The molecule has 4 rings (SSSR count). The number of thiophene rings is 1. The van der Waals surface area contributed by atoms with Crippen molar-refractivity contribution < 1.29 is 4.39 Å². The highest BCUT2D eigenvalue weighted by atomic mass is 32.1. The van der Waals surface area contributed by atoms with Crippen LogP contribution in [0.2, 0.25) is 0 Å². The van der Waals surface area contributed by atoms with Crippen LogP contribution in [0.25, 0.3) is 21.3 Å². The van der Waals surface area contributed by atoms with Gasteiger partial charge in [-0.15, -0.1) is 11.3 Å². The van der Waals surface area contributed by atoms with Crippen LogP contribution in [0.15, 0.2) is 29.6 Å². The number of nitrogens with zero attached hydrogens (tertiary/aromatic N) is 2. The Kier molecular flexibility index (Phi) is 2.98. The number of pyridine rings is 1. The fourth-order valence-electron chi connectivity index (χ4n) is 2.91. The SMILES string of the molecule is Cc1csc2nc(C3CC3)c(C#N)c(-c3ccc(F)cc3)c12. The third-order valence-electron chi connectivity index (χ3n) is 4.14. The van der Waals surface area contributed by atoms with Crippen molar-refractivity contribution >= 4 is 21.6 Å². The zero-order valence-corrected chi connectivity index (χ0v) is 12.9. The first-order chi connectivity index (χ1) is 10.7. The fourth-order valence-corrected chi connectivity index (χ4v) is 3.84. The molecule has 0 saturated heterocycles. The van der Waals surface area contributed by atoms with Crippen molar-refractivity contribution in [3.05, 3.63) is 52.3 Å². The molecule has 2 heterocycles. The van der Waals surface area contributed by atoms with Crippen molar-refractivity contribution in [1.82, 2.24) is 4.98 Å². The molecule has 1 saturated carbocycles. The first kappa shape index (κ1) is 13.4. The van der Waals surface area contributed by atoms with Crippen LogP contribution in [-0.4, -0.2) is 4.98 Å². The Bertz CT molecular complexity index is 915. The number of nitriles is 1. The molecule has 0 N–H and O–H groups in total. The minimum Gasteiger partial charge on any atom is -0.240 e. The molecule has 0 spiro atoms. The second-order valence-corrected chi connectivity index (χ2v) is 6.60. The Morgan fingerprint density at radius 3 is 2.64 bits per heavy atom. The van der Waals surface area contributed by atoms with Crippen molar-refractivity contribution in [3.8, 4) is 17.2 Å². The zero-order valence-electron chi connectivity index (χ0n) is 12.1. The molecule has 1 aliphatic rings.